The van der Waals surface area contributed by atoms with Crippen LogP contribution in [-0.4, -0.2) is 49.9 Å². The minimum atomic E-state index is -4.27. The van der Waals surface area contributed by atoms with Gasteiger partial charge in [0.1, 0.15) is 6.10 Å². The van der Waals surface area contributed by atoms with Crippen LogP contribution in [0.4, 0.5) is 0 Å². The maximum atomic E-state index is 12.5. The van der Waals surface area contributed by atoms with Crippen LogP contribution in [-0.2, 0) is 27.9 Å². The Morgan fingerprint density at radius 2 is 1.08 bits per heavy atom. The molecule has 2 atom stereocenters. The molecule has 0 aromatic carbocycles. The van der Waals surface area contributed by atoms with Crippen molar-refractivity contribution in [2.24, 2.45) is 5.73 Å². The molecule has 0 saturated carbocycles. The average molecular weight is 730 g/mol. The lowest BCUT2D eigenvalue weighted by atomic mass is 10.0. The first-order valence-corrected chi connectivity index (χ1v) is 22.3. The molecule has 0 aliphatic heterocycles. The zero-order chi connectivity index (χ0) is 36.6. The van der Waals surface area contributed by atoms with Crippen molar-refractivity contribution in [2.75, 3.05) is 33.0 Å². The second kappa shape index (κ2) is 39.2. The summed E-state index contributed by atoms with van der Waals surface area (Å²) in [6.07, 6.45) is 41.9. The second-order valence-corrected chi connectivity index (χ2v) is 15.3. The van der Waals surface area contributed by atoms with E-state index >= 15 is 0 Å². The highest BCUT2D eigenvalue weighted by atomic mass is 31.2. The lowest BCUT2D eigenvalue weighted by Gasteiger charge is -2.20. The lowest BCUT2D eigenvalue weighted by molar-refractivity contribution is -0.154. The highest BCUT2D eigenvalue weighted by molar-refractivity contribution is 7.47. The Morgan fingerprint density at radius 3 is 1.62 bits per heavy atom. The maximum Gasteiger partial charge on any atom is 0.472 e. The highest BCUT2D eigenvalue weighted by Gasteiger charge is 2.25. The van der Waals surface area contributed by atoms with Gasteiger partial charge in [-0.15, -0.1) is 0 Å². The fourth-order valence-electron chi connectivity index (χ4n) is 5.78. The van der Waals surface area contributed by atoms with E-state index in [1.165, 1.54) is 116 Å². The van der Waals surface area contributed by atoms with Gasteiger partial charge in [0.05, 0.1) is 19.8 Å². The van der Waals surface area contributed by atoms with Crippen molar-refractivity contribution < 1.29 is 32.8 Å². The first kappa shape index (κ1) is 49.0. The summed E-state index contributed by atoms with van der Waals surface area (Å²) in [6, 6.07) is 0. The van der Waals surface area contributed by atoms with E-state index in [2.05, 4.69) is 38.2 Å². The minimum Gasteiger partial charge on any atom is -0.457 e. The zero-order valence-electron chi connectivity index (χ0n) is 32.6. The molecule has 9 heteroatoms. The first-order chi connectivity index (χ1) is 24.4. The molecule has 0 aliphatic carbocycles. The van der Waals surface area contributed by atoms with Gasteiger partial charge in [-0.2, -0.15) is 0 Å². The van der Waals surface area contributed by atoms with Crippen LogP contribution < -0.4 is 5.73 Å². The Morgan fingerprint density at radius 1 is 0.600 bits per heavy atom. The Labute approximate surface area is 308 Å². The molecule has 0 fully saturated rings. The van der Waals surface area contributed by atoms with E-state index < -0.39 is 13.9 Å². The van der Waals surface area contributed by atoms with E-state index in [-0.39, 0.29) is 32.3 Å². The number of esters is 1. The van der Waals surface area contributed by atoms with Crippen LogP contribution in [0.1, 0.15) is 194 Å². The molecule has 3 N–H and O–H groups in total. The number of phosphoric ester groups is 1. The standard InChI is InChI=1S/C41H80NO7P/c1-3-5-7-9-11-13-15-17-19-20-21-23-25-27-29-31-33-36-46-38-40(39-48-50(44,45)47-37-35-42)49-41(43)34-32-30-28-26-24-22-18-16-14-12-10-8-6-4-2/h10,12,16,18,40H,3-9,11,13-15,17,19-39,42H2,1-2H3,(H,44,45)/b12-10-,18-16-. The van der Waals surface area contributed by atoms with Gasteiger partial charge in [-0.05, 0) is 38.5 Å². The zero-order valence-corrected chi connectivity index (χ0v) is 33.5. The van der Waals surface area contributed by atoms with Gasteiger partial charge in [-0.25, -0.2) is 4.57 Å². The number of carbonyl (C=O) groups is 1. The topological polar surface area (TPSA) is 117 Å². The number of unbranched alkanes of at least 4 members (excludes halogenated alkanes) is 23. The fraction of sp³-hybridized carbons (Fsp3) is 0.878. The summed E-state index contributed by atoms with van der Waals surface area (Å²) in [5.74, 6) is -0.342. The summed E-state index contributed by atoms with van der Waals surface area (Å²) in [5.41, 5.74) is 5.36. The molecule has 0 rings (SSSR count). The third-order valence-corrected chi connectivity index (χ3v) is 9.86. The molecule has 0 saturated heterocycles. The number of allylic oxidation sites excluding steroid dienone is 4. The monoisotopic (exact) mass is 730 g/mol. The van der Waals surface area contributed by atoms with E-state index in [0.717, 1.165) is 57.8 Å². The Kier molecular flexibility index (Phi) is 38.4. The largest absolute Gasteiger partial charge is 0.472 e. The van der Waals surface area contributed by atoms with E-state index in [1.807, 2.05) is 0 Å². The van der Waals surface area contributed by atoms with Gasteiger partial charge in [0.15, 0.2) is 0 Å². The molecule has 2 unspecified atom stereocenters. The molecule has 0 spiro atoms. The van der Waals surface area contributed by atoms with Gasteiger partial charge in [-0.1, -0.05) is 173 Å². The first-order valence-electron chi connectivity index (χ1n) is 20.8. The summed E-state index contributed by atoms with van der Waals surface area (Å²) in [5, 5.41) is 0. The van der Waals surface area contributed by atoms with E-state index in [1.54, 1.807) is 0 Å². The average Bonchev–Trinajstić information content (AvgIpc) is 3.10. The third kappa shape index (κ3) is 38.2. The number of hydrogen-bond donors (Lipinski definition) is 2. The summed E-state index contributed by atoms with van der Waals surface area (Å²) >= 11 is 0. The summed E-state index contributed by atoms with van der Waals surface area (Å²) in [6.45, 7) is 4.89. The minimum absolute atomic E-state index is 0.0964. The van der Waals surface area contributed by atoms with Gasteiger partial charge in [0.25, 0.3) is 0 Å². The highest BCUT2D eigenvalue weighted by Crippen LogP contribution is 2.43. The van der Waals surface area contributed by atoms with Gasteiger partial charge in [-0.3, -0.25) is 13.8 Å². The van der Waals surface area contributed by atoms with Gasteiger partial charge < -0.3 is 20.1 Å². The molecule has 0 aromatic heterocycles. The molecule has 8 nitrogen and oxygen atoms in total. The van der Waals surface area contributed by atoms with Crippen LogP contribution >= 0.6 is 7.82 Å². The quantitative estimate of drug-likeness (QED) is 0.0277. The predicted octanol–water partition coefficient (Wildman–Crippen LogP) is 12.1. The van der Waals surface area contributed by atoms with Crippen molar-refractivity contribution in [2.45, 2.75) is 200 Å². The van der Waals surface area contributed by atoms with Gasteiger partial charge >= 0.3 is 13.8 Å². The predicted molar refractivity (Wildman–Crippen MR) is 210 cm³/mol. The van der Waals surface area contributed by atoms with Crippen molar-refractivity contribution >= 4 is 13.8 Å². The normalized spacial score (nSPS) is 13.8. The second-order valence-electron chi connectivity index (χ2n) is 13.9. The lowest BCUT2D eigenvalue weighted by Crippen LogP contribution is -2.28. The SMILES string of the molecule is CCCC/C=C\C/C=C\CCCCCCCC(=O)OC(COCCCCCCCCCCCCCCCCCCC)COP(=O)(O)OCCN. The Balaban J connectivity index is 4.03. The maximum absolute atomic E-state index is 12.5. The Bertz CT molecular complexity index is 823. The number of carbonyl (C=O) groups excluding carboxylic acids is 1. The molecule has 0 bridgehead atoms. The fourth-order valence-corrected chi connectivity index (χ4v) is 6.54. The number of ether oxygens (including phenoxy) is 2. The molecule has 50 heavy (non-hydrogen) atoms. The Hall–Kier alpha value is -1.02. The van der Waals surface area contributed by atoms with Crippen LogP contribution in [0.2, 0.25) is 0 Å². The molecule has 0 heterocycles. The van der Waals surface area contributed by atoms with E-state index in [9.17, 15) is 14.3 Å². The summed E-state index contributed by atoms with van der Waals surface area (Å²) in [7, 11) is -4.27. The van der Waals surface area contributed by atoms with Crippen molar-refractivity contribution in [3.05, 3.63) is 24.3 Å². The third-order valence-electron chi connectivity index (χ3n) is 8.87. The van der Waals surface area contributed by atoms with E-state index in [0.29, 0.717) is 13.0 Å². The molecular formula is C41H80NO7P. The van der Waals surface area contributed by atoms with Crippen LogP contribution in [0, 0.1) is 0 Å². The van der Waals surface area contributed by atoms with Crippen LogP contribution in [0.5, 0.6) is 0 Å². The molecule has 0 amide bonds. The number of rotatable bonds is 40. The number of nitrogens with two attached hydrogens (primary N) is 1. The van der Waals surface area contributed by atoms with E-state index in [4.69, 9.17) is 24.3 Å². The van der Waals surface area contributed by atoms with Gasteiger partial charge in [0.2, 0.25) is 0 Å². The molecule has 0 aliphatic rings. The van der Waals surface area contributed by atoms with Crippen molar-refractivity contribution in [3.8, 4) is 0 Å². The van der Waals surface area contributed by atoms with Crippen molar-refractivity contribution in [3.63, 3.8) is 0 Å². The smallest absolute Gasteiger partial charge is 0.457 e. The summed E-state index contributed by atoms with van der Waals surface area (Å²) < 4.78 is 33.4. The molecule has 296 valence electrons. The molecular weight excluding hydrogens is 649 g/mol. The van der Waals surface area contributed by atoms with Crippen molar-refractivity contribution in [1.29, 1.82) is 0 Å². The van der Waals surface area contributed by atoms with Crippen LogP contribution in [0.3, 0.4) is 0 Å². The summed E-state index contributed by atoms with van der Waals surface area (Å²) in [4.78, 5) is 22.4. The molecule has 0 aromatic rings. The van der Waals surface area contributed by atoms with Crippen molar-refractivity contribution in [1.82, 2.24) is 0 Å². The van der Waals surface area contributed by atoms with Crippen LogP contribution in [0.15, 0.2) is 24.3 Å². The number of phosphoric acid groups is 1. The van der Waals surface area contributed by atoms with Gasteiger partial charge in [0, 0.05) is 19.6 Å². The van der Waals surface area contributed by atoms with Crippen LogP contribution in [0.25, 0.3) is 0 Å². The molecule has 0 radical (unpaired) electrons. The number of hydrogen-bond acceptors (Lipinski definition) is 7.